The van der Waals surface area contributed by atoms with E-state index in [4.69, 9.17) is 11.6 Å². The van der Waals surface area contributed by atoms with Crippen LogP contribution < -0.4 is 15.5 Å². The number of halogens is 1. The fourth-order valence-corrected chi connectivity index (χ4v) is 3.11. The first kappa shape index (κ1) is 19.9. The van der Waals surface area contributed by atoms with Gasteiger partial charge in [-0.3, -0.25) is 14.4 Å². The number of carbonyl (C=O) groups is 3. The number of Topliss-reactive ketones (excluding diaryl/α,β-unsaturated/α-hetero) is 1. The molecule has 0 radical (unpaired) electrons. The first-order chi connectivity index (χ1) is 13.5. The lowest BCUT2D eigenvalue weighted by Gasteiger charge is -2.28. The molecule has 2 amide bonds. The summed E-state index contributed by atoms with van der Waals surface area (Å²) in [6, 6.07) is 14.4. The molecule has 146 valence electrons. The van der Waals surface area contributed by atoms with E-state index in [1.807, 2.05) is 29.2 Å². The number of rotatable bonds is 7. The second kappa shape index (κ2) is 9.37. The van der Waals surface area contributed by atoms with E-state index in [0.717, 1.165) is 17.8 Å². The Morgan fingerprint density at radius 1 is 1.04 bits per heavy atom. The molecule has 1 heterocycles. The highest BCUT2D eigenvalue weighted by Crippen LogP contribution is 2.16. The zero-order valence-electron chi connectivity index (χ0n) is 15.4. The summed E-state index contributed by atoms with van der Waals surface area (Å²) in [5, 5.41) is 6.20. The second-order valence-electron chi connectivity index (χ2n) is 6.64. The average Bonchev–Trinajstić information content (AvgIpc) is 2.71. The third kappa shape index (κ3) is 5.57. The molecule has 2 aromatic rings. The molecular weight excluding hydrogens is 378 g/mol. The molecule has 3 rings (SSSR count). The summed E-state index contributed by atoms with van der Waals surface area (Å²) >= 11 is 5.81. The van der Waals surface area contributed by atoms with Gasteiger partial charge in [-0.1, -0.05) is 23.7 Å². The minimum atomic E-state index is -0.168. The summed E-state index contributed by atoms with van der Waals surface area (Å²) < 4.78 is 0. The van der Waals surface area contributed by atoms with Gasteiger partial charge < -0.3 is 15.5 Å². The van der Waals surface area contributed by atoms with Gasteiger partial charge in [-0.05, 0) is 42.0 Å². The van der Waals surface area contributed by atoms with Crippen molar-refractivity contribution in [3.8, 4) is 0 Å². The highest BCUT2D eigenvalue weighted by atomic mass is 35.5. The minimum absolute atomic E-state index is 0.0238. The molecule has 1 aliphatic rings. The van der Waals surface area contributed by atoms with E-state index in [-0.39, 0.29) is 30.4 Å². The monoisotopic (exact) mass is 399 g/mol. The molecule has 28 heavy (non-hydrogen) atoms. The normalized spacial score (nSPS) is 13.8. The summed E-state index contributed by atoms with van der Waals surface area (Å²) in [5.74, 6) is -0.225. The molecule has 2 N–H and O–H groups in total. The summed E-state index contributed by atoms with van der Waals surface area (Å²) in [6.07, 6.45) is 0.297. The predicted octanol–water partition coefficient (Wildman–Crippen LogP) is 2.56. The van der Waals surface area contributed by atoms with E-state index in [1.165, 1.54) is 0 Å². The molecule has 2 aromatic carbocycles. The number of anilines is 1. The summed E-state index contributed by atoms with van der Waals surface area (Å²) in [7, 11) is 0. The molecule has 1 saturated heterocycles. The Hall–Kier alpha value is -2.86. The molecule has 0 spiro atoms. The second-order valence-corrected chi connectivity index (χ2v) is 7.08. The van der Waals surface area contributed by atoms with Crippen LogP contribution in [-0.4, -0.2) is 37.2 Å². The van der Waals surface area contributed by atoms with Gasteiger partial charge in [0.25, 0.3) is 0 Å². The predicted molar refractivity (Wildman–Crippen MR) is 109 cm³/mol. The molecule has 0 aliphatic carbocycles. The number of ketones is 1. The van der Waals surface area contributed by atoms with Gasteiger partial charge in [0.05, 0.1) is 6.54 Å². The SMILES string of the molecule is O=C(CCC(=O)c1ccc(Cl)cc1)NCc1ccc(N2CCNC(=O)C2)cc1. The number of amides is 2. The fraction of sp³-hybridized carbons (Fsp3) is 0.286. The molecule has 7 heteroatoms. The van der Waals surface area contributed by atoms with Gasteiger partial charge in [-0.15, -0.1) is 0 Å². The van der Waals surface area contributed by atoms with Crippen LogP contribution in [0.15, 0.2) is 48.5 Å². The standard InChI is InChI=1S/C21H22ClN3O3/c22-17-5-3-16(4-6-17)19(26)9-10-20(27)24-13-15-1-7-18(8-2-15)25-12-11-23-21(28)14-25/h1-8H,9-14H2,(H,23,28)(H,24,27). The molecule has 0 unspecified atom stereocenters. The van der Waals surface area contributed by atoms with Crippen molar-refractivity contribution in [2.45, 2.75) is 19.4 Å². The van der Waals surface area contributed by atoms with Crippen LogP contribution in [0.3, 0.4) is 0 Å². The van der Waals surface area contributed by atoms with Crippen molar-refractivity contribution >= 4 is 34.9 Å². The van der Waals surface area contributed by atoms with Gasteiger partial charge in [-0.25, -0.2) is 0 Å². The molecule has 0 aromatic heterocycles. The van der Waals surface area contributed by atoms with Gasteiger partial charge in [0, 0.05) is 48.7 Å². The Balaban J connectivity index is 1.43. The summed E-state index contributed by atoms with van der Waals surface area (Å²) in [4.78, 5) is 37.6. The molecular formula is C21H22ClN3O3. The van der Waals surface area contributed by atoms with Gasteiger partial charge in [0.2, 0.25) is 11.8 Å². The largest absolute Gasteiger partial charge is 0.360 e. The summed E-state index contributed by atoms with van der Waals surface area (Å²) in [6.45, 7) is 2.18. The topological polar surface area (TPSA) is 78.5 Å². The maximum atomic E-state index is 12.1. The molecule has 0 bridgehead atoms. The number of hydrogen-bond acceptors (Lipinski definition) is 4. The van der Waals surface area contributed by atoms with Gasteiger partial charge in [0.15, 0.2) is 5.78 Å². The van der Waals surface area contributed by atoms with Crippen LogP contribution in [0.5, 0.6) is 0 Å². The third-order valence-corrected chi connectivity index (χ3v) is 4.83. The van der Waals surface area contributed by atoms with Crippen molar-refractivity contribution in [2.24, 2.45) is 0 Å². The van der Waals surface area contributed by atoms with Gasteiger partial charge >= 0.3 is 0 Å². The molecule has 0 saturated carbocycles. The van der Waals surface area contributed by atoms with E-state index in [2.05, 4.69) is 10.6 Å². The minimum Gasteiger partial charge on any atom is -0.360 e. The lowest BCUT2D eigenvalue weighted by molar-refractivity contribution is -0.121. The number of hydrogen-bond donors (Lipinski definition) is 2. The number of carbonyl (C=O) groups excluding carboxylic acids is 3. The van der Waals surface area contributed by atoms with Gasteiger partial charge in [0.1, 0.15) is 0 Å². The number of piperazine rings is 1. The number of nitrogens with zero attached hydrogens (tertiary/aromatic N) is 1. The Morgan fingerprint density at radius 3 is 2.43 bits per heavy atom. The maximum Gasteiger partial charge on any atom is 0.239 e. The van der Waals surface area contributed by atoms with E-state index >= 15 is 0 Å². The Labute approximate surface area is 168 Å². The first-order valence-corrected chi connectivity index (χ1v) is 9.55. The number of nitrogens with one attached hydrogen (secondary N) is 2. The highest BCUT2D eigenvalue weighted by molar-refractivity contribution is 6.30. The zero-order valence-corrected chi connectivity index (χ0v) is 16.2. The van der Waals surface area contributed by atoms with Crippen LogP contribution in [0.1, 0.15) is 28.8 Å². The van der Waals surface area contributed by atoms with Crippen molar-refractivity contribution < 1.29 is 14.4 Å². The van der Waals surface area contributed by atoms with Crippen LogP contribution in [0, 0.1) is 0 Å². The average molecular weight is 400 g/mol. The molecule has 0 atom stereocenters. The quantitative estimate of drug-likeness (QED) is 0.701. The van der Waals surface area contributed by atoms with Crippen molar-refractivity contribution in [2.75, 3.05) is 24.5 Å². The Kier molecular flexibility index (Phi) is 6.66. The van der Waals surface area contributed by atoms with Crippen molar-refractivity contribution in [3.05, 3.63) is 64.7 Å². The van der Waals surface area contributed by atoms with E-state index in [9.17, 15) is 14.4 Å². The Morgan fingerprint density at radius 2 is 1.75 bits per heavy atom. The lowest BCUT2D eigenvalue weighted by Crippen LogP contribution is -2.47. The van der Waals surface area contributed by atoms with Crippen molar-refractivity contribution in [3.63, 3.8) is 0 Å². The van der Waals surface area contributed by atoms with Crippen LogP contribution in [0.4, 0.5) is 5.69 Å². The fourth-order valence-electron chi connectivity index (χ4n) is 2.98. The third-order valence-electron chi connectivity index (χ3n) is 4.57. The Bertz CT molecular complexity index is 850. The van der Waals surface area contributed by atoms with E-state index < -0.39 is 0 Å². The molecule has 6 nitrogen and oxygen atoms in total. The highest BCUT2D eigenvalue weighted by Gasteiger charge is 2.16. The molecule has 1 aliphatic heterocycles. The molecule has 1 fully saturated rings. The van der Waals surface area contributed by atoms with Crippen LogP contribution in [-0.2, 0) is 16.1 Å². The zero-order chi connectivity index (χ0) is 19.9. The maximum absolute atomic E-state index is 12.1. The van der Waals surface area contributed by atoms with Crippen molar-refractivity contribution in [1.82, 2.24) is 10.6 Å². The lowest BCUT2D eigenvalue weighted by atomic mass is 10.1. The smallest absolute Gasteiger partial charge is 0.239 e. The van der Waals surface area contributed by atoms with E-state index in [1.54, 1.807) is 24.3 Å². The first-order valence-electron chi connectivity index (χ1n) is 9.17. The van der Waals surface area contributed by atoms with Crippen LogP contribution in [0.25, 0.3) is 0 Å². The van der Waals surface area contributed by atoms with Crippen molar-refractivity contribution in [1.29, 1.82) is 0 Å². The number of benzene rings is 2. The van der Waals surface area contributed by atoms with Crippen LogP contribution >= 0.6 is 11.6 Å². The van der Waals surface area contributed by atoms with Gasteiger partial charge in [-0.2, -0.15) is 0 Å². The van der Waals surface area contributed by atoms with E-state index in [0.29, 0.717) is 30.2 Å². The van der Waals surface area contributed by atoms with Crippen LogP contribution in [0.2, 0.25) is 5.02 Å². The summed E-state index contributed by atoms with van der Waals surface area (Å²) in [5.41, 5.74) is 2.50.